The van der Waals surface area contributed by atoms with Crippen molar-refractivity contribution in [1.29, 1.82) is 0 Å². The fourth-order valence-electron chi connectivity index (χ4n) is 0.970. The smallest absolute Gasteiger partial charge is 0.261 e. The number of nitrogens with one attached hydrogen (secondary N) is 1. The van der Waals surface area contributed by atoms with Gasteiger partial charge in [0.15, 0.2) is 0 Å². The second-order valence-corrected chi connectivity index (χ2v) is 8.52. The summed E-state index contributed by atoms with van der Waals surface area (Å²) in [6.45, 7) is 1.49. The highest BCUT2D eigenvalue weighted by atomic mass is 79.9. The van der Waals surface area contributed by atoms with E-state index >= 15 is 0 Å². The zero-order valence-corrected chi connectivity index (χ0v) is 12.6. The Bertz CT molecular complexity index is 627. The molecule has 0 unspecified atom stereocenters. The van der Waals surface area contributed by atoms with Crippen molar-refractivity contribution in [2.24, 2.45) is 0 Å². The van der Waals surface area contributed by atoms with E-state index in [1.54, 1.807) is 0 Å². The molecule has 1 aromatic rings. The third-order valence-electron chi connectivity index (χ3n) is 1.87. The number of sulfonamides is 1. The van der Waals surface area contributed by atoms with Gasteiger partial charge in [-0.05, 0) is 41.1 Å². The predicted molar refractivity (Wildman–Crippen MR) is 70.3 cm³/mol. The molecule has 0 amide bonds. The van der Waals surface area contributed by atoms with Gasteiger partial charge in [0.05, 0.1) is 16.3 Å². The number of benzene rings is 1. The summed E-state index contributed by atoms with van der Waals surface area (Å²) in [6.07, 6.45) is 0. The average Bonchev–Trinajstić information content (AvgIpc) is 2.19. The van der Waals surface area contributed by atoms with Crippen molar-refractivity contribution in [1.82, 2.24) is 0 Å². The molecule has 0 fully saturated rings. The molecule has 0 bridgehead atoms. The lowest BCUT2D eigenvalue weighted by Gasteiger charge is -2.08. The molecule has 1 aromatic carbocycles. The lowest BCUT2D eigenvalue weighted by molar-refractivity contribution is 0.602. The third kappa shape index (κ3) is 4.13. The molecule has 0 spiro atoms. The summed E-state index contributed by atoms with van der Waals surface area (Å²) in [5.74, 6) is -0.0744. The zero-order valence-electron chi connectivity index (χ0n) is 8.64. The quantitative estimate of drug-likeness (QED) is 0.832. The fraction of sp³-hybridized carbons (Fsp3) is 0.250. The van der Waals surface area contributed by atoms with Gasteiger partial charge in [0, 0.05) is 15.2 Å². The van der Waals surface area contributed by atoms with Crippen LogP contribution in [0, 0.1) is 0 Å². The molecule has 0 aliphatic carbocycles. The van der Waals surface area contributed by atoms with Crippen LogP contribution in [0.15, 0.2) is 27.6 Å². The maximum atomic E-state index is 11.3. The molecule has 0 radical (unpaired) electrons. The van der Waals surface area contributed by atoms with Crippen LogP contribution in [0.25, 0.3) is 0 Å². The van der Waals surface area contributed by atoms with Crippen molar-refractivity contribution in [2.75, 3.05) is 10.5 Å². The van der Waals surface area contributed by atoms with Gasteiger partial charge in [0.2, 0.25) is 10.0 Å². The lowest BCUT2D eigenvalue weighted by atomic mass is 10.3. The van der Waals surface area contributed by atoms with Crippen molar-refractivity contribution in [3.8, 4) is 0 Å². The Kier molecular flexibility index (Phi) is 4.45. The Hall–Kier alpha value is -0.310. The highest BCUT2D eigenvalue weighted by Gasteiger charge is 2.14. The number of hydrogen-bond donors (Lipinski definition) is 1. The summed E-state index contributed by atoms with van der Waals surface area (Å²) >= 11 is 3.07. The summed E-state index contributed by atoms with van der Waals surface area (Å²) in [4.78, 5) is -0.106. The van der Waals surface area contributed by atoms with E-state index in [1.165, 1.54) is 25.1 Å². The minimum atomic E-state index is -3.83. The Morgan fingerprint density at radius 2 is 1.88 bits per heavy atom. The van der Waals surface area contributed by atoms with Crippen LogP contribution in [0.2, 0.25) is 0 Å². The Balaban J connectivity index is 3.16. The molecule has 0 heterocycles. The molecule has 0 aromatic heterocycles. The highest BCUT2D eigenvalue weighted by Crippen LogP contribution is 2.27. The van der Waals surface area contributed by atoms with Gasteiger partial charge in [-0.2, -0.15) is 0 Å². The molecule has 96 valence electrons. The van der Waals surface area contributed by atoms with Gasteiger partial charge in [-0.25, -0.2) is 16.8 Å². The number of hydrogen-bond acceptors (Lipinski definition) is 4. The predicted octanol–water partition coefficient (Wildman–Crippen LogP) is 2.14. The maximum Gasteiger partial charge on any atom is 0.261 e. The van der Waals surface area contributed by atoms with Crippen LogP contribution in [0.3, 0.4) is 0 Å². The summed E-state index contributed by atoms with van der Waals surface area (Å²) in [6, 6.07) is 3.78. The molecule has 0 aliphatic heterocycles. The van der Waals surface area contributed by atoms with E-state index in [9.17, 15) is 16.8 Å². The molecule has 17 heavy (non-hydrogen) atoms. The van der Waals surface area contributed by atoms with Crippen LogP contribution in [-0.4, -0.2) is 22.6 Å². The first-order valence-electron chi connectivity index (χ1n) is 4.40. The first-order valence-corrected chi connectivity index (χ1v) is 9.16. The molecule has 0 atom stereocenters. The van der Waals surface area contributed by atoms with Gasteiger partial charge in [0.1, 0.15) is 0 Å². The van der Waals surface area contributed by atoms with Gasteiger partial charge in [0.25, 0.3) is 9.05 Å². The molecular weight excluding hydrogens is 354 g/mol. The van der Waals surface area contributed by atoms with Crippen LogP contribution in [0.1, 0.15) is 6.92 Å². The first-order chi connectivity index (χ1) is 7.65. The summed E-state index contributed by atoms with van der Waals surface area (Å²) in [5, 5.41) is 0. The average molecular weight is 363 g/mol. The van der Waals surface area contributed by atoms with Crippen LogP contribution in [-0.2, 0) is 19.1 Å². The van der Waals surface area contributed by atoms with Crippen LogP contribution < -0.4 is 4.72 Å². The van der Waals surface area contributed by atoms with Crippen LogP contribution in [0.5, 0.6) is 0 Å². The van der Waals surface area contributed by atoms with E-state index in [1.807, 2.05) is 0 Å². The van der Waals surface area contributed by atoms with Gasteiger partial charge in [-0.3, -0.25) is 4.72 Å². The van der Waals surface area contributed by atoms with E-state index in [-0.39, 0.29) is 16.3 Å². The third-order valence-corrected chi connectivity index (χ3v) is 5.17. The van der Waals surface area contributed by atoms with E-state index in [0.717, 1.165) is 0 Å². The number of rotatable bonds is 4. The number of anilines is 1. The highest BCUT2D eigenvalue weighted by molar-refractivity contribution is 9.10. The maximum absolute atomic E-state index is 11.3. The van der Waals surface area contributed by atoms with E-state index in [2.05, 4.69) is 20.7 Å². The normalized spacial score (nSPS) is 12.4. The van der Waals surface area contributed by atoms with Crippen molar-refractivity contribution in [3.05, 3.63) is 22.7 Å². The largest absolute Gasteiger partial charge is 0.282 e. The van der Waals surface area contributed by atoms with Gasteiger partial charge in [-0.15, -0.1) is 0 Å². The number of halogens is 2. The molecule has 1 rings (SSSR count). The standard InChI is InChI=1S/C8H9BrClNO4S2/c1-2-16(12,13)11-8-4-3-6(5-7(8)9)17(10,14)15/h3-5,11H,2H2,1H3. The van der Waals surface area contributed by atoms with Crippen molar-refractivity contribution >= 4 is 51.4 Å². The molecule has 1 N–H and O–H groups in total. The van der Waals surface area contributed by atoms with Crippen molar-refractivity contribution in [2.45, 2.75) is 11.8 Å². The van der Waals surface area contributed by atoms with Gasteiger partial charge >= 0.3 is 0 Å². The summed E-state index contributed by atoms with van der Waals surface area (Å²) < 4.78 is 47.3. The Labute approximate surface area is 113 Å². The SMILES string of the molecule is CCS(=O)(=O)Nc1ccc(S(=O)(=O)Cl)cc1Br. The second-order valence-electron chi connectivity index (χ2n) is 3.08. The minimum absolute atomic E-state index is 0.0744. The van der Waals surface area contributed by atoms with Gasteiger partial charge < -0.3 is 0 Å². The summed E-state index contributed by atoms with van der Waals surface area (Å²) in [7, 11) is -2.08. The zero-order chi connectivity index (χ0) is 13.3. The Morgan fingerprint density at radius 1 is 1.29 bits per heavy atom. The van der Waals surface area contributed by atoms with Crippen LogP contribution in [0.4, 0.5) is 5.69 Å². The van der Waals surface area contributed by atoms with Gasteiger partial charge in [-0.1, -0.05) is 0 Å². The topological polar surface area (TPSA) is 80.3 Å². The summed E-state index contributed by atoms with van der Waals surface area (Å²) in [5.41, 5.74) is 0.260. The van der Waals surface area contributed by atoms with Crippen LogP contribution >= 0.6 is 26.6 Å². The minimum Gasteiger partial charge on any atom is -0.282 e. The van der Waals surface area contributed by atoms with E-state index in [4.69, 9.17) is 10.7 Å². The van der Waals surface area contributed by atoms with E-state index in [0.29, 0.717) is 4.47 Å². The second kappa shape index (κ2) is 5.13. The monoisotopic (exact) mass is 361 g/mol. The van der Waals surface area contributed by atoms with E-state index < -0.39 is 19.1 Å². The molecule has 0 saturated carbocycles. The molecule has 0 aliphatic rings. The molecule has 0 saturated heterocycles. The molecule has 9 heteroatoms. The van der Waals surface area contributed by atoms with Crippen molar-refractivity contribution < 1.29 is 16.8 Å². The fourth-order valence-corrected chi connectivity index (χ4v) is 3.17. The molecule has 5 nitrogen and oxygen atoms in total. The lowest BCUT2D eigenvalue weighted by Crippen LogP contribution is -2.15. The molecular formula is C8H9BrClNO4S2. The van der Waals surface area contributed by atoms with Crippen molar-refractivity contribution in [3.63, 3.8) is 0 Å². The Morgan fingerprint density at radius 3 is 2.29 bits per heavy atom. The first kappa shape index (κ1) is 14.7.